The van der Waals surface area contributed by atoms with Gasteiger partial charge in [-0.15, -0.1) is 0 Å². The zero-order chi connectivity index (χ0) is 13.9. The molecule has 1 aromatic heterocycles. The van der Waals surface area contributed by atoms with Crippen LogP contribution in [0.15, 0.2) is 4.52 Å². The molecule has 0 spiro atoms. The van der Waals surface area contributed by atoms with Crippen LogP contribution in [-0.2, 0) is 4.79 Å². The van der Waals surface area contributed by atoms with Crippen LogP contribution in [0.1, 0.15) is 41.6 Å². The van der Waals surface area contributed by atoms with Crippen LogP contribution >= 0.6 is 0 Å². The number of carboxylic acids is 1. The Morgan fingerprint density at radius 3 is 2.56 bits per heavy atom. The van der Waals surface area contributed by atoms with Crippen LogP contribution in [0, 0.1) is 6.92 Å². The van der Waals surface area contributed by atoms with Crippen molar-refractivity contribution < 1.29 is 24.3 Å². The number of hydrogen-bond acceptors (Lipinski definition) is 5. The second-order valence-corrected chi connectivity index (χ2v) is 4.23. The minimum absolute atomic E-state index is 0.0173. The van der Waals surface area contributed by atoms with E-state index >= 15 is 0 Å². The van der Waals surface area contributed by atoms with Crippen molar-refractivity contribution in [3.05, 3.63) is 17.0 Å². The first-order chi connectivity index (χ1) is 8.34. The summed E-state index contributed by atoms with van der Waals surface area (Å²) < 4.78 is 5.04. The van der Waals surface area contributed by atoms with Gasteiger partial charge in [-0.25, -0.2) is 4.79 Å². The zero-order valence-electron chi connectivity index (χ0n) is 10.4. The molecule has 0 bridgehead atoms. The molecule has 0 aliphatic rings. The Bertz CT molecular complexity index is 452. The first kappa shape index (κ1) is 14.2. The maximum absolute atomic E-state index is 11.9. The number of carbonyl (C=O) groups excluding carboxylic acids is 1. The van der Waals surface area contributed by atoms with Gasteiger partial charge in [0.25, 0.3) is 5.91 Å². The van der Waals surface area contributed by atoms with Crippen molar-refractivity contribution in [1.82, 2.24) is 10.5 Å². The summed E-state index contributed by atoms with van der Waals surface area (Å²) >= 11 is 0. The third kappa shape index (κ3) is 3.07. The number of nitrogens with zero attached hydrogens (tertiary/aromatic N) is 1. The maximum Gasteiger partial charge on any atom is 0.334 e. The molecular formula is C11H16N2O5. The highest BCUT2D eigenvalue weighted by atomic mass is 16.5. The van der Waals surface area contributed by atoms with Crippen molar-refractivity contribution in [3.8, 4) is 0 Å². The van der Waals surface area contributed by atoms with Crippen molar-refractivity contribution >= 4 is 11.9 Å². The van der Waals surface area contributed by atoms with Crippen LogP contribution in [-0.4, -0.2) is 39.9 Å². The highest BCUT2D eigenvalue weighted by Gasteiger charge is 2.23. The molecule has 7 nitrogen and oxygen atoms in total. The Labute approximate surface area is 104 Å². The van der Waals surface area contributed by atoms with Gasteiger partial charge in [-0.1, -0.05) is 19.0 Å². The second-order valence-electron chi connectivity index (χ2n) is 4.23. The number of carboxylic acid groups (broad SMARTS) is 1. The summed E-state index contributed by atoms with van der Waals surface area (Å²) in [5.74, 6) is -1.47. The van der Waals surface area contributed by atoms with Crippen LogP contribution in [0.4, 0.5) is 0 Å². The molecule has 0 radical (unpaired) electrons. The molecule has 100 valence electrons. The molecule has 0 saturated heterocycles. The van der Waals surface area contributed by atoms with E-state index in [-0.39, 0.29) is 12.5 Å². The number of aliphatic carboxylic acids is 1. The van der Waals surface area contributed by atoms with Crippen LogP contribution < -0.4 is 5.32 Å². The summed E-state index contributed by atoms with van der Waals surface area (Å²) in [6.45, 7) is 4.96. The van der Waals surface area contributed by atoms with E-state index in [2.05, 4.69) is 10.5 Å². The van der Waals surface area contributed by atoms with Gasteiger partial charge in [0.1, 0.15) is 5.56 Å². The summed E-state index contributed by atoms with van der Waals surface area (Å²) in [6, 6.07) is 0. The fourth-order valence-corrected chi connectivity index (χ4v) is 1.42. The zero-order valence-corrected chi connectivity index (χ0v) is 10.4. The minimum atomic E-state index is -1.63. The Hall–Kier alpha value is -1.89. The number of amides is 1. The number of nitrogens with one attached hydrogen (secondary N) is 1. The number of rotatable bonds is 5. The Morgan fingerprint density at radius 1 is 1.44 bits per heavy atom. The molecule has 7 heteroatoms. The van der Waals surface area contributed by atoms with Gasteiger partial charge in [0.05, 0.1) is 12.2 Å². The summed E-state index contributed by atoms with van der Waals surface area (Å²) in [5, 5.41) is 23.6. The number of aryl methyl sites for hydroxylation is 1. The number of carbonyl (C=O) groups is 2. The highest BCUT2D eigenvalue weighted by Crippen LogP contribution is 2.21. The van der Waals surface area contributed by atoms with E-state index in [0.29, 0.717) is 17.0 Å². The van der Waals surface area contributed by atoms with Gasteiger partial charge >= 0.3 is 5.97 Å². The highest BCUT2D eigenvalue weighted by molar-refractivity contribution is 5.96. The standard InChI is InChI=1S/C11H16N2O5/c1-5(2)9-8(6(3)13-18-9)10(15)12-4-7(14)11(16)17/h5,7,14H,4H2,1-3H3,(H,12,15)(H,16,17). The summed E-state index contributed by atoms with van der Waals surface area (Å²) in [4.78, 5) is 22.3. The van der Waals surface area contributed by atoms with Crippen molar-refractivity contribution in [2.24, 2.45) is 0 Å². The lowest BCUT2D eigenvalue weighted by Crippen LogP contribution is -2.36. The second kappa shape index (κ2) is 5.63. The predicted octanol–water partition coefficient (Wildman–Crippen LogP) is 0.282. The van der Waals surface area contributed by atoms with Crippen molar-refractivity contribution in [2.75, 3.05) is 6.54 Å². The molecule has 0 aliphatic carbocycles. The molecule has 3 N–H and O–H groups in total. The molecule has 0 aromatic carbocycles. The normalized spacial score (nSPS) is 12.5. The van der Waals surface area contributed by atoms with E-state index in [4.69, 9.17) is 14.7 Å². The molecular weight excluding hydrogens is 240 g/mol. The average Bonchev–Trinajstić information content (AvgIpc) is 2.67. The smallest absolute Gasteiger partial charge is 0.334 e. The van der Waals surface area contributed by atoms with Crippen molar-refractivity contribution in [3.63, 3.8) is 0 Å². The van der Waals surface area contributed by atoms with E-state index in [1.807, 2.05) is 13.8 Å². The van der Waals surface area contributed by atoms with Gasteiger partial charge in [-0.2, -0.15) is 0 Å². The third-order valence-corrected chi connectivity index (χ3v) is 2.38. The van der Waals surface area contributed by atoms with E-state index in [1.54, 1.807) is 6.92 Å². The van der Waals surface area contributed by atoms with E-state index in [1.165, 1.54) is 0 Å². The molecule has 0 saturated carbocycles. The van der Waals surface area contributed by atoms with Crippen LogP contribution in [0.2, 0.25) is 0 Å². The largest absolute Gasteiger partial charge is 0.479 e. The molecule has 1 rings (SSSR count). The Morgan fingerprint density at radius 2 is 2.06 bits per heavy atom. The summed E-state index contributed by atoms with van der Waals surface area (Å²) in [7, 11) is 0. The van der Waals surface area contributed by atoms with Crippen LogP contribution in [0.5, 0.6) is 0 Å². The van der Waals surface area contributed by atoms with Gasteiger partial charge in [0.2, 0.25) is 0 Å². The average molecular weight is 256 g/mol. The van der Waals surface area contributed by atoms with Crippen LogP contribution in [0.3, 0.4) is 0 Å². The van der Waals surface area contributed by atoms with Gasteiger partial charge in [-0.05, 0) is 6.92 Å². The molecule has 18 heavy (non-hydrogen) atoms. The fraction of sp³-hybridized carbons (Fsp3) is 0.545. The summed E-state index contributed by atoms with van der Waals surface area (Å²) in [5.41, 5.74) is 0.726. The molecule has 0 aliphatic heterocycles. The van der Waals surface area contributed by atoms with E-state index < -0.39 is 18.0 Å². The van der Waals surface area contributed by atoms with E-state index in [9.17, 15) is 9.59 Å². The molecule has 1 aromatic rings. The van der Waals surface area contributed by atoms with Crippen molar-refractivity contribution in [1.29, 1.82) is 0 Å². The fourth-order valence-electron chi connectivity index (χ4n) is 1.42. The lowest BCUT2D eigenvalue weighted by molar-refractivity contribution is -0.146. The molecule has 0 fully saturated rings. The number of hydrogen-bond donors (Lipinski definition) is 3. The van der Waals surface area contributed by atoms with Gasteiger partial charge < -0.3 is 20.1 Å². The lowest BCUT2D eigenvalue weighted by Gasteiger charge is -2.08. The Balaban J connectivity index is 2.78. The first-order valence-corrected chi connectivity index (χ1v) is 5.49. The minimum Gasteiger partial charge on any atom is -0.479 e. The molecule has 1 atom stereocenters. The number of aliphatic hydroxyl groups is 1. The van der Waals surface area contributed by atoms with Gasteiger partial charge in [0.15, 0.2) is 11.9 Å². The van der Waals surface area contributed by atoms with Gasteiger partial charge in [-0.3, -0.25) is 4.79 Å². The predicted molar refractivity (Wildman–Crippen MR) is 61.3 cm³/mol. The Kier molecular flexibility index (Phi) is 4.43. The lowest BCUT2D eigenvalue weighted by atomic mass is 10.0. The molecule has 1 amide bonds. The van der Waals surface area contributed by atoms with Gasteiger partial charge in [0, 0.05) is 5.92 Å². The first-order valence-electron chi connectivity index (χ1n) is 5.49. The number of aliphatic hydroxyl groups excluding tert-OH is 1. The topological polar surface area (TPSA) is 113 Å². The molecule has 1 unspecified atom stereocenters. The molecule has 1 heterocycles. The monoisotopic (exact) mass is 256 g/mol. The summed E-state index contributed by atoms with van der Waals surface area (Å²) in [6.07, 6.45) is -1.63. The quantitative estimate of drug-likeness (QED) is 0.697. The van der Waals surface area contributed by atoms with E-state index in [0.717, 1.165) is 0 Å². The SMILES string of the molecule is Cc1noc(C(C)C)c1C(=O)NCC(O)C(=O)O. The van der Waals surface area contributed by atoms with Crippen molar-refractivity contribution in [2.45, 2.75) is 32.8 Å². The number of aromatic nitrogens is 1. The maximum atomic E-state index is 11.9. The third-order valence-electron chi connectivity index (χ3n) is 2.38. The van der Waals surface area contributed by atoms with Crippen LogP contribution in [0.25, 0.3) is 0 Å².